The van der Waals surface area contributed by atoms with Crippen molar-refractivity contribution in [2.24, 2.45) is 5.92 Å². The van der Waals surface area contributed by atoms with Crippen molar-refractivity contribution < 1.29 is 19.1 Å². The highest BCUT2D eigenvalue weighted by Crippen LogP contribution is 2.39. The number of amides is 2. The molecule has 1 saturated carbocycles. The maximum atomic E-state index is 13.3. The van der Waals surface area contributed by atoms with E-state index in [0.29, 0.717) is 43.8 Å². The average Bonchev–Trinajstić information content (AvgIpc) is 3.60. The predicted molar refractivity (Wildman–Crippen MR) is 119 cm³/mol. The zero-order valence-electron chi connectivity index (χ0n) is 18.8. The van der Waals surface area contributed by atoms with Crippen LogP contribution in [0.5, 0.6) is 0 Å². The Kier molecular flexibility index (Phi) is 6.68. The smallest absolute Gasteiger partial charge is 0.274 e. The molecule has 0 radical (unpaired) electrons. The fourth-order valence-electron chi connectivity index (χ4n) is 4.57. The van der Waals surface area contributed by atoms with Gasteiger partial charge in [0.15, 0.2) is 0 Å². The molecule has 1 aliphatic carbocycles. The van der Waals surface area contributed by atoms with Crippen molar-refractivity contribution in [2.45, 2.75) is 44.3 Å². The zero-order chi connectivity index (χ0) is 22.6. The topological polar surface area (TPSA) is 101 Å². The molecule has 0 spiro atoms. The number of rotatable bonds is 7. The van der Waals surface area contributed by atoms with Gasteiger partial charge in [-0.2, -0.15) is 5.10 Å². The van der Waals surface area contributed by atoms with E-state index in [0.717, 1.165) is 50.2 Å². The largest absolute Gasteiger partial charge is 0.381 e. The maximum Gasteiger partial charge on any atom is 0.274 e. The van der Waals surface area contributed by atoms with E-state index in [4.69, 9.17) is 9.47 Å². The Hall–Kier alpha value is -2.78. The van der Waals surface area contributed by atoms with E-state index in [9.17, 15) is 9.59 Å². The number of nitrogens with zero attached hydrogens (tertiary/aromatic N) is 4. The highest BCUT2D eigenvalue weighted by molar-refractivity contribution is 5.95. The molecule has 2 aliphatic heterocycles. The monoisotopic (exact) mass is 453 g/mol. The molecule has 1 N–H and O–H groups in total. The highest BCUT2D eigenvalue weighted by atomic mass is 16.5. The number of carbonyl (C=O) groups excluding carboxylic acids is 2. The van der Waals surface area contributed by atoms with E-state index < -0.39 is 0 Å². The summed E-state index contributed by atoms with van der Waals surface area (Å²) >= 11 is 0. The lowest BCUT2D eigenvalue weighted by Crippen LogP contribution is -2.42. The van der Waals surface area contributed by atoms with Crippen LogP contribution in [0.15, 0.2) is 30.6 Å². The van der Waals surface area contributed by atoms with Gasteiger partial charge in [-0.1, -0.05) is 6.07 Å². The molecular weight excluding hydrogens is 422 g/mol. The van der Waals surface area contributed by atoms with Gasteiger partial charge in [0.05, 0.1) is 12.7 Å². The molecule has 2 aromatic heterocycles. The molecule has 3 fully saturated rings. The number of hydrogen-bond donors (Lipinski definition) is 1. The van der Waals surface area contributed by atoms with Crippen LogP contribution >= 0.6 is 0 Å². The summed E-state index contributed by atoms with van der Waals surface area (Å²) in [5.41, 5.74) is 2.34. The number of H-pyrrole nitrogens is 1. The third kappa shape index (κ3) is 5.59. The van der Waals surface area contributed by atoms with Crippen LogP contribution in [0.3, 0.4) is 0 Å². The lowest BCUT2D eigenvalue weighted by Gasteiger charge is -2.30. The summed E-state index contributed by atoms with van der Waals surface area (Å²) in [6.07, 6.45) is 7.36. The maximum absolute atomic E-state index is 13.3. The van der Waals surface area contributed by atoms with Gasteiger partial charge in [0.1, 0.15) is 12.2 Å². The summed E-state index contributed by atoms with van der Waals surface area (Å²) in [5, 5.41) is 7.23. The molecule has 0 bridgehead atoms. The first-order valence-electron chi connectivity index (χ1n) is 11.9. The standard InChI is InChI=1S/C24H31N5O4/c30-23-15-29(24(31)22-10-21(26-27-22)19-3-4-19)14-20(33-16-18-2-1-7-25-11-18)13-28(23)12-17-5-8-32-9-6-17/h1-2,7,10-11,17,19-20H,3-6,8-9,12-16H2,(H,26,27)/t20-/m0/s1. The number of pyridine rings is 1. The molecule has 3 aliphatic rings. The van der Waals surface area contributed by atoms with Gasteiger partial charge in [-0.15, -0.1) is 0 Å². The first kappa shape index (κ1) is 22.0. The SMILES string of the molecule is O=C1CN(C(=O)c2cc(C3CC3)[nH]n2)C[C@@H](OCc2cccnc2)CN1CC1CCOCC1. The molecule has 9 heteroatoms. The minimum Gasteiger partial charge on any atom is -0.381 e. The van der Waals surface area contributed by atoms with Crippen LogP contribution in [-0.4, -0.2) is 82.3 Å². The van der Waals surface area contributed by atoms with E-state index >= 15 is 0 Å². The second-order valence-electron chi connectivity index (χ2n) is 9.32. The molecule has 0 aromatic carbocycles. The number of aromatic amines is 1. The van der Waals surface area contributed by atoms with Crippen LogP contribution < -0.4 is 0 Å². The minimum absolute atomic E-state index is 0.0414. The molecule has 1 atom stereocenters. The quantitative estimate of drug-likeness (QED) is 0.688. The molecule has 2 aromatic rings. The Balaban J connectivity index is 1.30. The highest BCUT2D eigenvalue weighted by Gasteiger charge is 2.34. The Morgan fingerprint density at radius 2 is 2.06 bits per heavy atom. The van der Waals surface area contributed by atoms with Crippen molar-refractivity contribution >= 4 is 11.8 Å². The summed E-state index contributed by atoms with van der Waals surface area (Å²) in [7, 11) is 0. The van der Waals surface area contributed by atoms with Gasteiger partial charge in [-0.05, 0) is 49.3 Å². The van der Waals surface area contributed by atoms with Crippen molar-refractivity contribution in [3.05, 3.63) is 47.5 Å². The van der Waals surface area contributed by atoms with Gasteiger partial charge in [0, 0.05) is 56.9 Å². The summed E-state index contributed by atoms with van der Waals surface area (Å²) < 4.78 is 11.7. The molecule has 2 amide bonds. The Morgan fingerprint density at radius 1 is 1.21 bits per heavy atom. The lowest BCUT2D eigenvalue weighted by molar-refractivity contribution is -0.132. The van der Waals surface area contributed by atoms with Gasteiger partial charge in [-0.3, -0.25) is 19.7 Å². The van der Waals surface area contributed by atoms with E-state index in [1.807, 2.05) is 23.1 Å². The Morgan fingerprint density at radius 3 is 2.82 bits per heavy atom. The van der Waals surface area contributed by atoms with Crippen LogP contribution in [0.4, 0.5) is 0 Å². The fourth-order valence-corrected chi connectivity index (χ4v) is 4.57. The minimum atomic E-state index is -0.290. The molecular formula is C24H31N5O4. The molecule has 176 valence electrons. The van der Waals surface area contributed by atoms with Crippen LogP contribution in [0, 0.1) is 5.92 Å². The normalized spacial score (nSPS) is 22.4. The number of hydrogen-bond acceptors (Lipinski definition) is 6. The summed E-state index contributed by atoms with van der Waals surface area (Å²) in [4.78, 5) is 34.1. The van der Waals surface area contributed by atoms with Crippen LogP contribution in [0.1, 0.15) is 53.3 Å². The predicted octanol–water partition coefficient (Wildman–Crippen LogP) is 1.98. The molecule has 33 heavy (non-hydrogen) atoms. The van der Waals surface area contributed by atoms with Crippen LogP contribution in [0.25, 0.3) is 0 Å². The van der Waals surface area contributed by atoms with Crippen molar-refractivity contribution in [2.75, 3.05) is 39.4 Å². The summed E-state index contributed by atoms with van der Waals surface area (Å²) in [5.74, 6) is 0.626. The summed E-state index contributed by atoms with van der Waals surface area (Å²) in [6, 6.07) is 5.67. The van der Waals surface area contributed by atoms with E-state index in [1.54, 1.807) is 17.3 Å². The van der Waals surface area contributed by atoms with Crippen LogP contribution in [0.2, 0.25) is 0 Å². The van der Waals surface area contributed by atoms with E-state index in [-0.39, 0.29) is 24.5 Å². The van der Waals surface area contributed by atoms with Gasteiger partial charge < -0.3 is 19.3 Å². The third-order valence-corrected chi connectivity index (χ3v) is 6.68. The molecule has 5 rings (SSSR count). The van der Waals surface area contributed by atoms with Crippen molar-refractivity contribution in [1.29, 1.82) is 0 Å². The van der Waals surface area contributed by atoms with Gasteiger partial charge >= 0.3 is 0 Å². The average molecular weight is 454 g/mol. The zero-order valence-corrected chi connectivity index (χ0v) is 18.8. The van der Waals surface area contributed by atoms with E-state index in [1.165, 1.54) is 0 Å². The van der Waals surface area contributed by atoms with Gasteiger partial charge in [-0.25, -0.2) is 0 Å². The summed E-state index contributed by atoms with van der Waals surface area (Å²) in [6.45, 7) is 3.38. The van der Waals surface area contributed by atoms with E-state index in [2.05, 4.69) is 15.2 Å². The Labute approximate surface area is 193 Å². The molecule has 2 saturated heterocycles. The van der Waals surface area contributed by atoms with Crippen LogP contribution in [-0.2, 0) is 20.9 Å². The Bertz CT molecular complexity index is 955. The second kappa shape index (κ2) is 10.0. The second-order valence-corrected chi connectivity index (χ2v) is 9.32. The van der Waals surface area contributed by atoms with Crippen molar-refractivity contribution in [3.63, 3.8) is 0 Å². The lowest BCUT2D eigenvalue weighted by atomic mass is 9.99. The van der Waals surface area contributed by atoms with Crippen molar-refractivity contribution in [1.82, 2.24) is 25.0 Å². The van der Waals surface area contributed by atoms with Gasteiger partial charge in [0.25, 0.3) is 5.91 Å². The molecule has 9 nitrogen and oxygen atoms in total. The number of ether oxygens (including phenoxy) is 2. The number of nitrogens with one attached hydrogen (secondary N) is 1. The number of carbonyl (C=O) groups is 2. The van der Waals surface area contributed by atoms with Crippen molar-refractivity contribution in [3.8, 4) is 0 Å². The molecule has 4 heterocycles. The van der Waals surface area contributed by atoms with Gasteiger partial charge in [0.2, 0.25) is 5.91 Å². The fraction of sp³-hybridized carbons (Fsp3) is 0.583. The first-order chi connectivity index (χ1) is 16.2. The number of aromatic nitrogens is 3. The first-order valence-corrected chi connectivity index (χ1v) is 11.9. The molecule has 0 unspecified atom stereocenters. The third-order valence-electron chi connectivity index (χ3n) is 6.68.